The molecule has 1 aliphatic heterocycles. The molecule has 4 heteroatoms. The van der Waals surface area contributed by atoms with Crippen molar-refractivity contribution in [2.45, 2.75) is 6.04 Å². The van der Waals surface area contributed by atoms with Crippen LogP contribution in [0.5, 0.6) is 0 Å². The molecule has 0 bridgehead atoms. The van der Waals surface area contributed by atoms with Crippen molar-refractivity contribution in [3.63, 3.8) is 0 Å². The van der Waals surface area contributed by atoms with Gasteiger partial charge < -0.3 is 15.5 Å². The lowest BCUT2D eigenvalue weighted by atomic mass is 10.1. The summed E-state index contributed by atoms with van der Waals surface area (Å²) in [6.07, 6.45) is 0. The first-order valence-corrected chi connectivity index (χ1v) is 5.46. The minimum Gasteiger partial charge on any atom is -0.378 e. The Balaban J connectivity index is 2.06. The van der Waals surface area contributed by atoms with E-state index in [0.717, 1.165) is 24.3 Å². The number of anilines is 1. The van der Waals surface area contributed by atoms with Crippen LogP contribution < -0.4 is 15.5 Å². The Hall–Kier alpha value is -1.55. The second-order valence-electron chi connectivity index (χ2n) is 4.27. The van der Waals surface area contributed by atoms with Crippen molar-refractivity contribution >= 4 is 11.6 Å². The van der Waals surface area contributed by atoms with Gasteiger partial charge in [-0.05, 0) is 18.2 Å². The zero-order chi connectivity index (χ0) is 11.5. The summed E-state index contributed by atoms with van der Waals surface area (Å²) >= 11 is 0. The Morgan fingerprint density at radius 1 is 1.44 bits per heavy atom. The minimum atomic E-state index is 0.00944. The molecular formula is C12H17N3O. The molecule has 4 nitrogen and oxygen atoms in total. The van der Waals surface area contributed by atoms with Crippen LogP contribution in [0.3, 0.4) is 0 Å². The summed E-state index contributed by atoms with van der Waals surface area (Å²) in [4.78, 5) is 13.9. The van der Waals surface area contributed by atoms with E-state index in [-0.39, 0.29) is 11.9 Å². The van der Waals surface area contributed by atoms with Gasteiger partial charge in [0.1, 0.15) is 0 Å². The van der Waals surface area contributed by atoms with Gasteiger partial charge in [0.25, 0.3) is 5.91 Å². The topological polar surface area (TPSA) is 44.4 Å². The fourth-order valence-electron chi connectivity index (χ4n) is 1.58. The normalized spacial score (nSPS) is 15.4. The average Bonchev–Trinajstić information content (AvgIpc) is 2.23. The maximum absolute atomic E-state index is 11.9. The summed E-state index contributed by atoms with van der Waals surface area (Å²) in [5.41, 5.74) is 1.76. The van der Waals surface area contributed by atoms with Gasteiger partial charge >= 0.3 is 0 Å². The maximum Gasteiger partial charge on any atom is 0.251 e. The molecule has 0 unspecified atom stereocenters. The van der Waals surface area contributed by atoms with E-state index in [2.05, 4.69) is 10.6 Å². The van der Waals surface area contributed by atoms with E-state index in [4.69, 9.17) is 0 Å². The molecule has 1 aromatic carbocycles. The van der Waals surface area contributed by atoms with Crippen LogP contribution in [0.15, 0.2) is 24.3 Å². The predicted molar refractivity (Wildman–Crippen MR) is 64.9 cm³/mol. The molecule has 2 rings (SSSR count). The SMILES string of the molecule is CN(C)c1cccc(C(=O)NC2CNC2)c1. The predicted octanol–water partition coefficient (Wildman–Crippen LogP) is 0.454. The number of carbonyl (C=O) groups excluding carboxylic acids is 1. The van der Waals surface area contributed by atoms with Crippen molar-refractivity contribution in [2.24, 2.45) is 0 Å². The number of nitrogens with zero attached hydrogens (tertiary/aromatic N) is 1. The van der Waals surface area contributed by atoms with Gasteiger partial charge in [0, 0.05) is 38.4 Å². The van der Waals surface area contributed by atoms with Gasteiger partial charge in [0.2, 0.25) is 0 Å². The Kier molecular flexibility index (Phi) is 3.10. The van der Waals surface area contributed by atoms with Crippen molar-refractivity contribution in [3.8, 4) is 0 Å². The maximum atomic E-state index is 11.9. The molecule has 0 saturated carbocycles. The summed E-state index contributed by atoms with van der Waals surface area (Å²) in [6, 6.07) is 7.93. The average molecular weight is 219 g/mol. The van der Waals surface area contributed by atoms with Crippen LogP contribution in [0.4, 0.5) is 5.69 Å². The number of rotatable bonds is 3. The van der Waals surface area contributed by atoms with Crippen LogP contribution in [-0.2, 0) is 0 Å². The van der Waals surface area contributed by atoms with Gasteiger partial charge in [-0.25, -0.2) is 0 Å². The van der Waals surface area contributed by atoms with E-state index >= 15 is 0 Å². The van der Waals surface area contributed by atoms with Crippen LogP contribution in [0.2, 0.25) is 0 Å². The molecule has 0 aliphatic carbocycles. The Bertz CT molecular complexity index is 386. The molecule has 86 valence electrons. The zero-order valence-corrected chi connectivity index (χ0v) is 9.66. The minimum absolute atomic E-state index is 0.00944. The molecule has 0 radical (unpaired) electrons. The largest absolute Gasteiger partial charge is 0.378 e. The van der Waals surface area contributed by atoms with Gasteiger partial charge in [0.15, 0.2) is 0 Å². The summed E-state index contributed by atoms with van der Waals surface area (Å²) in [7, 11) is 3.93. The Morgan fingerprint density at radius 3 is 2.75 bits per heavy atom. The van der Waals surface area contributed by atoms with Crippen molar-refractivity contribution < 1.29 is 4.79 Å². The summed E-state index contributed by atoms with van der Waals surface area (Å²) in [5.74, 6) is 0.00944. The highest BCUT2D eigenvalue weighted by Gasteiger charge is 2.19. The van der Waals surface area contributed by atoms with Gasteiger partial charge in [0.05, 0.1) is 6.04 Å². The van der Waals surface area contributed by atoms with E-state index in [1.165, 1.54) is 0 Å². The third-order valence-corrected chi connectivity index (χ3v) is 2.74. The van der Waals surface area contributed by atoms with E-state index in [9.17, 15) is 4.79 Å². The van der Waals surface area contributed by atoms with Gasteiger partial charge in [-0.3, -0.25) is 4.79 Å². The highest BCUT2D eigenvalue weighted by molar-refractivity contribution is 5.95. The van der Waals surface area contributed by atoms with Crippen LogP contribution in [0.25, 0.3) is 0 Å². The monoisotopic (exact) mass is 219 g/mol. The second-order valence-corrected chi connectivity index (χ2v) is 4.27. The molecule has 0 atom stereocenters. The summed E-state index contributed by atoms with van der Waals surface area (Å²) in [6.45, 7) is 1.75. The van der Waals surface area contributed by atoms with Crippen molar-refractivity contribution in [1.82, 2.24) is 10.6 Å². The zero-order valence-electron chi connectivity index (χ0n) is 9.66. The fourth-order valence-corrected chi connectivity index (χ4v) is 1.58. The molecule has 2 N–H and O–H groups in total. The lowest BCUT2D eigenvalue weighted by Crippen LogP contribution is -2.56. The van der Waals surface area contributed by atoms with Crippen molar-refractivity contribution in [3.05, 3.63) is 29.8 Å². The van der Waals surface area contributed by atoms with E-state index in [0.29, 0.717) is 0 Å². The van der Waals surface area contributed by atoms with Gasteiger partial charge in [-0.15, -0.1) is 0 Å². The summed E-state index contributed by atoms with van der Waals surface area (Å²) in [5, 5.41) is 6.10. The quantitative estimate of drug-likeness (QED) is 0.776. The van der Waals surface area contributed by atoms with E-state index in [1.807, 2.05) is 43.3 Å². The molecular weight excluding hydrogens is 202 g/mol. The van der Waals surface area contributed by atoms with E-state index < -0.39 is 0 Å². The first-order valence-electron chi connectivity index (χ1n) is 5.46. The molecule has 1 saturated heterocycles. The second kappa shape index (κ2) is 4.53. The number of hydrogen-bond donors (Lipinski definition) is 2. The molecule has 1 aromatic rings. The first kappa shape index (κ1) is 11.0. The standard InChI is InChI=1S/C12H17N3O/c1-15(2)11-5-3-4-9(6-11)12(16)14-10-7-13-8-10/h3-6,10,13H,7-8H2,1-2H3,(H,14,16). The molecule has 16 heavy (non-hydrogen) atoms. The van der Waals surface area contributed by atoms with Gasteiger partial charge in [-0.2, -0.15) is 0 Å². The molecule has 1 aliphatic rings. The van der Waals surface area contributed by atoms with Crippen LogP contribution in [-0.4, -0.2) is 39.1 Å². The van der Waals surface area contributed by atoms with Crippen LogP contribution in [0.1, 0.15) is 10.4 Å². The smallest absolute Gasteiger partial charge is 0.251 e. The van der Waals surface area contributed by atoms with Crippen LogP contribution in [0, 0.1) is 0 Å². The number of carbonyl (C=O) groups is 1. The lowest BCUT2D eigenvalue weighted by molar-refractivity contribution is 0.0924. The number of nitrogens with one attached hydrogen (secondary N) is 2. The van der Waals surface area contributed by atoms with E-state index in [1.54, 1.807) is 0 Å². The number of amides is 1. The lowest BCUT2D eigenvalue weighted by Gasteiger charge is -2.28. The van der Waals surface area contributed by atoms with Gasteiger partial charge in [-0.1, -0.05) is 6.07 Å². The van der Waals surface area contributed by atoms with Crippen molar-refractivity contribution in [1.29, 1.82) is 0 Å². The fraction of sp³-hybridized carbons (Fsp3) is 0.417. The van der Waals surface area contributed by atoms with Crippen LogP contribution >= 0.6 is 0 Å². The molecule has 1 amide bonds. The highest BCUT2D eigenvalue weighted by Crippen LogP contribution is 2.13. The molecule has 0 spiro atoms. The molecule has 0 aromatic heterocycles. The molecule has 1 heterocycles. The highest BCUT2D eigenvalue weighted by atomic mass is 16.1. The Morgan fingerprint density at radius 2 is 2.19 bits per heavy atom. The number of hydrogen-bond acceptors (Lipinski definition) is 3. The first-order chi connectivity index (χ1) is 7.66. The third kappa shape index (κ3) is 2.33. The molecule has 1 fully saturated rings. The van der Waals surface area contributed by atoms with Crippen molar-refractivity contribution in [2.75, 3.05) is 32.1 Å². The third-order valence-electron chi connectivity index (χ3n) is 2.74. The summed E-state index contributed by atoms with van der Waals surface area (Å²) < 4.78 is 0. The number of benzene rings is 1. The Labute approximate surface area is 95.6 Å².